The number of aromatic nitrogens is 1. The van der Waals surface area contributed by atoms with Crippen molar-refractivity contribution in [2.24, 2.45) is 5.14 Å². The van der Waals surface area contributed by atoms with E-state index in [1.165, 1.54) is 35.2 Å². The number of fused-ring (bicyclic) bond motifs is 3. The second-order valence-electron chi connectivity index (χ2n) is 7.42. The first-order valence-electron chi connectivity index (χ1n) is 9.99. The Kier molecular flexibility index (Phi) is 5.43. The smallest absolute Gasteiger partial charge is 0.246 e. The van der Waals surface area contributed by atoms with Crippen molar-refractivity contribution in [3.63, 3.8) is 0 Å². The number of nitrogens with two attached hydrogens (primary N) is 1. The van der Waals surface area contributed by atoms with Gasteiger partial charge in [0, 0.05) is 39.7 Å². The van der Waals surface area contributed by atoms with Gasteiger partial charge in [-0.05, 0) is 62.4 Å². The predicted octanol–water partition coefficient (Wildman–Crippen LogP) is 3.90. The Morgan fingerprint density at radius 3 is 2.29 bits per heavy atom. The largest absolute Gasteiger partial charge is 0.374 e. The first-order valence-corrected chi connectivity index (χ1v) is 11.5. The molecule has 31 heavy (non-hydrogen) atoms. The van der Waals surface area contributed by atoms with Gasteiger partial charge in [-0.15, -0.1) is 0 Å². The summed E-state index contributed by atoms with van der Waals surface area (Å²) in [7, 11) is -3.77. The van der Waals surface area contributed by atoms with Crippen LogP contribution in [0, 0.1) is 0 Å². The van der Waals surface area contributed by atoms with E-state index in [0.717, 1.165) is 23.1 Å². The maximum Gasteiger partial charge on any atom is 0.246 e. The van der Waals surface area contributed by atoms with Crippen LogP contribution in [-0.2, 0) is 21.4 Å². The van der Waals surface area contributed by atoms with Crippen LogP contribution in [0.15, 0.2) is 71.6 Å². The molecule has 8 heteroatoms. The fourth-order valence-corrected chi connectivity index (χ4v) is 4.29. The fourth-order valence-electron chi connectivity index (χ4n) is 3.78. The van der Waals surface area contributed by atoms with Crippen LogP contribution in [0.1, 0.15) is 13.8 Å². The van der Waals surface area contributed by atoms with Crippen molar-refractivity contribution >= 4 is 49.1 Å². The zero-order valence-corrected chi connectivity index (χ0v) is 18.1. The summed E-state index contributed by atoms with van der Waals surface area (Å²) in [5, 5.41) is 13.4. The summed E-state index contributed by atoms with van der Waals surface area (Å²) in [6, 6.07) is 19.6. The molecule has 0 fully saturated rings. The first kappa shape index (κ1) is 20.9. The van der Waals surface area contributed by atoms with Gasteiger partial charge in [-0.2, -0.15) is 0 Å². The summed E-state index contributed by atoms with van der Waals surface area (Å²) in [4.78, 5) is 12.6. The molecule has 3 aromatic carbocycles. The maximum atomic E-state index is 12.6. The summed E-state index contributed by atoms with van der Waals surface area (Å²) >= 11 is 0. The fraction of sp³-hybridized carbons (Fsp3) is 0.174. The van der Waals surface area contributed by atoms with E-state index in [-0.39, 0.29) is 10.8 Å². The standard InChI is InChI=1S/C23H24N4O3S/c1-3-27-21-7-5-4-6-19(21)20-14-17(10-13-22(20)27)25-15(2)23(28)26-16-8-11-18(12-9-16)31(24,29)30/h4-15,25H,3H2,1-2H3,(H,26,28)(H2,24,29,30)/t15-/m0/s1. The van der Waals surface area contributed by atoms with Crippen molar-refractivity contribution < 1.29 is 13.2 Å². The van der Waals surface area contributed by atoms with Crippen LogP contribution >= 0.6 is 0 Å². The highest BCUT2D eigenvalue weighted by Crippen LogP contribution is 2.31. The van der Waals surface area contributed by atoms with Gasteiger partial charge in [-0.1, -0.05) is 18.2 Å². The molecule has 0 bridgehead atoms. The lowest BCUT2D eigenvalue weighted by molar-refractivity contribution is -0.116. The number of sulfonamides is 1. The van der Waals surface area contributed by atoms with E-state index < -0.39 is 16.1 Å². The number of nitrogens with one attached hydrogen (secondary N) is 2. The van der Waals surface area contributed by atoms with Crippen LogP contribution in [0.5, 0.6) is 0 Å². The van der Waals surface area contributed by atoms with Gasteiger partial charge in [0.2, 0.25) is 15.9 Å². The predicted molar refractivity (Wildman–Crippen MR) is 125 cm³/mol. The van der Waals surface area contributed by atoms with Gasteiger partial charge in [0.25, 0.3) is 0 Å². The van der Waals surface area contributed by atoms with Crippen molar-refractivity contribution in [2.45, 2.75) is 31.3 Å². The number of carbonyl (C=O) groups excluding carboxylic acids is 1. The molecule has 0 aliphatic carbocycles. The van der Waals surface area contributed by atoms with Gasteiger partial charge in [0.1, 0.15) is 6.04 Å². The number of para-hydroxylation sites is 1. The van der Waals surface area contributed by atoms with Crippen LogP contribution in [0.2, 0.25) is 0 Å². The number of hydrogen-bond acceptors (Lipinski definition) is 4. The lowest BCUT2D eigenvalue weighted by atomic mass is 10.1. The molecule has 4 aromatic rings. The molecule has 4 N–H and O–H groups in total. The van der Waals surface area contributed by atoms with Gasteiger partial charge in [0.15, 0.2) is 0 Å². The monoisotopic (exact) mass is 436 g/mol. The van der Waals surface area contributed by atoms with E-state index in [4.69, 9.17) is 5.14 Å². The first-order chi connectivity index (χ1) is 14.8. The minimum Gasteiger partial charge on any atom is -0.374 e. The molecule has 1 atom stereocenters. The SMILES string of the molecule is CCn1c2ccccc2c2cc(N[C@@H](C)C(=O)Nc3ccc(S(N)(=O)=O)cc3)ccc21. The van der Waals surface area contributed by atoms with Crippen molar-refractivity contribution in [1.29, 1.82) is 0 Å². The van der Waals surface area contributed by atoms with Gasteiger partial charge >= 0.3 is 0 Å². The van der Waals surface area contributed by atoms with Gasteiger partial charge in [0.05, 0.1) is 4.90 Å². The van der Waals surface area contributed by atoms with Crippen molar-refractivity contribution in [3.05, 3.63) is 66.7 Å². The molecule has 0 saturated heterocycles. The summed E-state index contributed by atoms with van der Waals surface area (Å²) in [5.74, 6) is -0.237. The minimum absolute atomic E-state index is 0.00350. The highest BCUT2D eigenvalue weighted by atomic mass is 32.2. The number of anilines is 2. The Morgan fingerprint density at radius 2 is 1.61 bits per heavy atom. The molecule has 7 nitrogen and oxygen atoms in total. The number of nitrogens with zero attached hydrogens (tertiary/aromatic N) is 1. The van der Waals surface area contributed by atoms with Crippen LogP contribution < -0.4 is 15.8 Å². The van der Waals surface area contributed by atoms with Gasteiger partial charge in [-0.25, -0.2) is 13.6 Å². The Labute approximate surface area is 180 Å². The quantitative estimate of drug-likeness (QED) is 0.426. The third-order valence-corrected chi connectivity index (χ3v) is 6.24. The van der Waals surface area contributed by atoms with Crippen LogP contribution in [0.25, 0.3) is 21.8 Å². The Balaban J connectivity index is 1.53. The normalized spacial score (nSPS) is 12.7. The number of carbonyl (C=O) groups is 1. The molecular weight excluding hydrogens is 412 g/mol. The Hall–Kier alpha value is -3.36. The number of rotatable bonds is 6. The molecule has 1 amide bonds. The molecule has 1 heterocycles. The molecule has 160 valence electrons. The number of aryl methyl sites for hydroxylation is 1. The average molecular weight is 437 g/mol. The molecule has 0 radical (unpaired) electrons. The number of amides is 1. The Bertz CT molecular complexity index is 1380. The number of hydrogen-bond donors (Lipinski definition) is 3. The molecule has 4 rings (SSSR count). The maximum absolute atomic E-state index is 12.6. The van der Waals surface area contributed by atoms with E-state index in [0.29, 0.717) is 5.69 Å². The number of primary sulfonamides is 1. The zero-order valence-electron chi connectivity index (χ0n) is 17.3. The minimum atomic E-state index is -3.77. The molecule has 0 aliphatic rings. The highest BCUT2D eigenvalue weighted by molar-refractivity contribution is 7.89. The second-order valence-corrected chi connectivity index (χ2v) is 8.98. The zero-order chi connectivity index (χ0) is 22.2. The van der Waals surface area contributed by atoms with E-state index in [9.17, 15) is 13.2 Å². The summed E-state index contributed by atoms with van der Waals surface area (Å²) in [6.07, 6.45) is 0. The third-order valence-electron chi connectivity index (χ3n) is 5.32. The van der Waals surface area contributed by atoms with Crippen molar-refractivity contribution in [1.82, 2.24) is 4.57 Å². The highest BCUT2D eigenvalue weighted by Gasteiger charge is 2.15. The molecular formula is C23H24N4O3S. The molecule has 1 aromatic heterocycles. The lowest BCUT2D eigenvalue weighted by Crippen LogP contribution is -2.31. The summed E-state index contributed by atoms with van der Waals surface area (Å²) in [6.45, 7) is 4.77. The molecule has 0 spiro atoms. The topological polar surface area (TPSA) is 106 Å². The van der Waals surface area contributed by atoms with Gasteiger partial charge in [-0.3, -0.25) is 4.79 Å². The van der Waals surface area contributed by atoms with E-state index in [1.54, 1.807) is 6.92 Å². The number of benzene rings is 3. The Morgan fingerprint density at radius 1 is 0.968 bits per heavy atom. The van der Waals surface area contributed by atoms with Gasteiger partial charge < -0.3 is 15.2 Å². The summed E-state index contributed by atoms with van der Waals surface area (Å²) < 4.78 is 25.0. The second kappa shape index (κ2) is 8.05. The third kappa shape index (κ3) is 4.12. The molecule has 0 unspecified atom stereocenters. The summed E-state index contributed by atoms with van der Waals surface area (Å²) in [5.41, 5.74) is 3.68. The van der Waals surface area contributed by atoms with E-state index in [1.807, 2.05) is 18.2 Å². The van der Waals surface area contributed by atoms with Crippen LogP contribution in [-0.4, -0.2) is 24.9 Å². The van der Waals surface area contributed by atoms with Crippen molar-refractivity contribution in [3.8, 4) is 0 Å². The lowest BCUT2D eigenvalue weighted by Gasteiger charge is -2.16. The van der Waals surface area contributed by atoms with Crippen LogP contribution in [0.3, 0.4) is 0 Å². The van der Waals surface area contributed by atoms with E-state index >= 15 is 0 Å². The molecule has 0 aliphatic heterocycles. The van der Waals surface area contributed by atoms with Crippen LogP contribution in [0.4, 0.5) is 11.4 Å². The average Bonchev–Trinajstić information content (AvgIpc) is 3.06. The molecule has 0 saturated carbocycles. The van der Waals surface area contributed by atoms with E-state index in [2.05, 4.69) is 46.4 Å². The van der Waals surface area contributed by atoms with Crippen molar-refractivity contribution in [2.75, 3.05) is 10.6 Å².